The molecule has 0 radical (unpaired) electrons. The number of likely N-dealkylation sites (N-methyl/N-ethyl adjacent to an activating group) is 1. The number of halogens is 1. The first-order valence-corrected chi connectivity index (χ1v) is 2.63. The molecule has 0 heterocycles. The van der Waals surface area contributed by atoms with Gasteiger partial charge in [0.05, 0.1) is 0 Å². The van der Waals surface area contributed by atoms with Crippen LogP contribution in [0.4, 0.5) is 0 Å². The average Bonchev–Trinajstić information content (AvgIpc) is 1.65. The summed E-state index contributed by atoms with van der Waals surface area (Å²) in [5, 5.41) is 8.09. The Balaban J connectivity index is 3.24. The van der Waals surface area contributed by atoms with Crippen molar-refractivity contribution >= 4 is 17.7 Å². The summed E-state index contributed by atoms with van der Waals surface area (Å²) in [6.45, 7) is 2.24. The molecule has 0 amide bonds. The van der Waals surface area contributed by atoms with Crippen LogP contribution in [-0.4, -0.2) is 28.6 Å². The third kappa shape index (κ3) is 3.89. The van der Waals surface area contributed by atoms with Crippen LogP contribution in [0.2, 0.25) is 0 Å². The highest BCUT2D eigenvalue weighted by atomic mass is 35.5. The van der Waals surface area contributed by atoms with E-state index in [1.807, 2.05) is 0 Å². The van der Waals surface area contributed by atoms with Crippen LogP contribution < -0.4 is 0 Å². The lowest BCUT2D eigenvalue weighted by molar-refractivity contribution is -0.137. The normalized spacial score (nSPS) is 9.88. The van der Waals surface area contributed by atoms with E-state index in [0.29, 0.717) is 6.54 Å². The molecule has 48 valence electrons. The maximum Gasteiger partial charge on any atom is 0.319 e. The van der Waals surface area contributed by atoms with Gasteiger partial charge in [0, 0.05) is 6.54 Å². The second-order valence-electron chi connectivity index (χ2n) is 1.33. The molecular weight excluding hydrogens is 130 g/mol. The van der Waals surface area contributed by atoms with Gasteiger partial charge in [-0.1, -0.05) is 6.92 Å². The lowest BCUT2D eigenvalue weighted by Crippen LogP contribution is -2.19. The zero-order valence-electron chi connectivity index (χ0n) is 4.59. The van der Waals surface area contributed by atoms with Crippen LogP contribution in [0.3, 0.4) is 0 Å². The van der Waals surface area contributed by atoms with E-state index in [1.165, 1.54) is 4.42 Å². The smallest absolute Gasteiger partial charge is 0.319 e. The number of carboxylic acids is 1. The van der Waals surface area contributed by atoms with Crippen molar-refractivity contribution in [1.29, 1.82) is 0 Å². The number of hydrogen-bond donors (Lipinski definition) is 1. The van der Waals surface area contributed by atoms with Crippen molar-refractivity contribution in [3.63, 3.8) is 0 Å². The van der Waals surface area contributed by atoms with Gasteiger partial charge in [-0.2, -0.15) is 0 Å². The Kier molecular flexibility index (Phi) is 3.56. The summed E-state index contributed by atoms with van der Waals surface area (Å²) < 4.78 is 1.20. The molecule has 0 saturated heterocycles. The van der Waals surface area contributed by atoms with Gasteiger partial charge in [0.1, 0.15) is 6.54 Å². The first-order valence-electron chi connectivity index (χ1n) is 2.29. The average molecular weight is 138 g/mol. The SMILES string of the molecule is CCN(Cl)CC(=O)O. The van der Waals surface area contributed by atoms with Gasteiger partial charge in [0.15, 0.2) is 0 Å². The topological polar surface area (TPSA) is 40.5 Å². The van der Waals surface area contributed by atoms with Crippen LogP contribution in [0.25, 0.3) is 0 Å². The highest BCUT2D eigenvalue weighted by Crippen LogP contribution is 1.89. The minimum absolute atomic E-state index is 0.0992. The predicted molar refractivity (Wildman–Crippen MR) is 30.7 cm³/mol. The molecule has 0 saturated carbocycles. The lowest BCUT2D eigenvalue weighted by atomic mass is 10.6. The van der Waals surface area contributed by atoms with Crippen molar-refractivity contribution < 1.29 is 9.90 Å². The number of nitrogens with zero attached hydrogens (tertiary/aromatic N) is 1. The van der Waals surface area contributed by atoms with E-state index in [2.05, 4.69) is 0 Å². The van der Waals surface area contributed by atoms with Crippen molar-refractivity contribution in [1.82, 2.24) is 4.42 Å². The van der Waals surface area contributed by atoms with Crippen molar-refractivity contribution in [3.05, 3.63) is 0 Å². The molecule has 0 atom stereocenters. The standard InChI is InChI=1S/C4H8ClNO2/c1-2-6(5)3-4(7)8/h2-3H2,1H3,(H,7,8). The Morgan fingerprint density at radius 2 is 2.38 bits per heavy atom. The van der Waals surface area contributed by atoms with Gasteiger partial charge in [-0.25, -0.2) is 4.42 Å². The summed E-state index contributed by atoms with van der Waals surface area (Å²) in [7, 11) is 0. The third-order valence-corrected chi connectivity index (χ3v) is 1.01. The highest BCUT2D eigenvalue weighted by molar-refractivity contribution is 6.14. The Bertz CT molecular complexity index is 86.1. The van der Waals surface area contributed by atoms with Crippen LogP contribution in [-0.2, 0) is 4.79 Å². The van der Waals surface area contributed by atoms with E-state index in [9.17, 15) is 4.79 Å². The molecule has 0 unspecified atom stereocenters. The lowest BCUT2D eigenvalue weighted by Gasteiger charge is -2.04. The monoisotopic (exact) mass is 137 g/mol. The van der Waals surface area contributed by atoms with Crippen LogP contribution in [0.1, 0.15) is 6.92 Å². The summed E-state index contributed by atoms with van der Waals surface area (Å²) >= 11 is 5.31. The molecule has 0 aliphatic heterocycles. The molecule has 8 heavy (non-hydrogen) atoms. The minimum Gasteiger partial charge on any atom is -0.480 e. The summed E-state index contributed by atoms with van der Waals surface area (Å²) in [4.78, 5) is 9.84. The second-order valence-corrected chi connectivity index (χ2v) is 1.81. The molecule has 0 bridgehead atoms. The molecule has 0 aromatic rings. The molecule has 1 N–H and O–H groups in total. The van der Waals surface area contributed by atoms with Crippen molar-refractivity contribution in [2.24, 2.45) is 0 Å². The van der Waals surface area contributed by atoms with Gasteiger partial charge in [0.2, 0.25) is 0 Å². The van der Waals surface area contributed by atoms with Crippen molar-refractivity contribution in [2.45, 2.75) is 6.92 Å². The van der Waals surface area contributed by atoms with Crippen LogP contribution in [0.15, 0.2) is 0 Å². The summed E-state index contributed by atoms with van der Waals surface area (Å²) in [5.41, 5.74) is 0. The molecule has 0 spiro atoms. The van der Waals surface area contributed by atoms with Gasteiger partial charge >= 0.3 is 5.97 Å². The molecule has 0 aromatic carbocycles. The number of hydrogen-bond acceptors (Lipinski definition) is 2. The quantitative estimate of drug-likeness (QED) is 0.578. The third-order valence-electron chi connectivity index (χ3n) is 0.650. The number of aliphatic carboxylic acids is 1. The molecule has 4 heteroatoms. The fourth-order valence-electron chi connectivity index (χ4n) is 0.259. The van der Waals surface area contributed by atoms with E-state index >= 15 is 0 Å². The second kappa shape index (κ2) is 3.69. The van der Waals surface area contributed by atoms with Crippen LogP contribution in [0, 0.1) is 0 Å². The Morgan fingerprint density at radius 1 is 1.88 bits per heavy atom. The van der Waals surface area contributed by atoms with Gasteiger partial charge in [-0.15, -0.1) is 0 Å². The fourth-order valence-corrected chi connectivity index (χ4v) is 0.361. The molecule has 0 aliphatic carbocycles. The Morgan fingerprint density at radius 3 is 2.50 bits per heavy atom. The van der Waals surface area contributed by atoms with Gasteiger partial charge < -0.3 is 5.11 Å². The molecule has 0 aromatic heterocycles. The molecule has 0 fully saturated rings. The first kappa shape index (κ1) is 7.72. The largest absolute Gasteiger partial charge is 0.480 e. The van der Waals surface area contributed by atoms with Gasteiger partial charge in [0.25, 0.3) is 0 Å². The zero-order valence-corrected chi connectivity index (χ0v) is 5.35. The van der Waals surface area contributed by atoms with E-state index in [4.69, 9.17) is 16.9 Å². The summed E-state index contributed by atoms with van der Waals surface area (Å²) in [5.74, 6) is -0.901. The number of rotatable bonds is 3. The predicted octanol–water partition coefficient (Wildman–Crippen LogP) is 0.547. The van der Waals surface area contributed by atoms with E-state index in [-0.39, 0.29) is 6.54 Å². The molecule has 3 nitrogen and oxygen atoms in total. The summed E-state index contributed by atoms with van der Waals surface area (Å²) in [6.07, 6.45) is 0. The molecule has 0 rings (SSSR count). The van der Waals surface area contributed by atoms with E-state index in [1.54, 1.807) is 6.92 Å². The van der Waals surface area contributed by atoms with Gasteiger partial charge in [-0.3, -0.25) is 4.79 Å². The first-order chi connectivity index (χ1) is 3.66. The molecule has 0 aliphatic rings. The van der Waals surface area contributed by atoms with Crippen molar-refractivity contribution in [3.8, 4) is 0 Å². The fraction of sp³-hybridized carbons (Fsp3) is 0.750. The van der Waals surface area contributed by atoms with Gasteiger partial charge in [-0.05, 0) is 11.8 Å². The van der Waals surface area contributed by atoms with Crippen LogP contribution >= 0.6 is 11.8 Å². The number of carboxylic acid groups (broad SMARTS) is 1. The summed E-state index contributed by atoms with van der Waals surface area (Å²) in [6, 6.07) is 0. The highest BCUT2D eigenvalue weighted by Gasteiger charge is 2.01. The maximum absolute atomic E-state index is 9.84. The van der Waals surface area contributed by atoms with E-state index in [0.717, 1.165) is 0 Å². The van der Waals surface area contributed by atoms with Crippen molar-refractivity contribution in [2.75, 3.05) is 13.1 Å². The number of carbonyl (C=O) groups is 1. The molecular formula is C4H8ClNO2. The van der Waals surface area contributed by atoms with Crippen LogP contribution in [0.5, 0.6) is 0 Å². The Labute approximate surface area is 53.0 Å². The maximum atomic E-state index is 9.84. The minimum atomic E-state index is -0.901. The Hall–Kier alpha value is -0.280. The van der Waals surface area contributed by atoms with E-state index < -0.39 is 5.97 Å². The zero-order chi connectivity index (χ0) is 6.57.